The minimum absolute atomic E-state index is 0.0126. The first-order chi connectivity index (χ1) is 12.2. The Bertz CT molecular complexity index is 499. The Hall–Kier alpha value is -1.38. The predicted octanol–water partition coefficient (Wildman–Crippen LogP) is 4.17. The maximum atomic E-state index is 11.9. The van der Waals surface area contributed by atoms with Crippen LogP contribution in [0, 0.1) is 0 Å². The first-order valence-electron chi connectivity index (χ1n) is 9.27. The van der Waals surface area contributed by atoms with Gasteiger partial charge in [0.1, 0.15) is 0 Å². The van der Waals surface area contributed by atoms with E-state index in [1.807, 2.05) is 30.3 Å². The molecule has 3 nitrogen and oxygen atoms in total. The van der Waals surface area contributed by atoms with Gasteiger partial charge in [0.2, 0.25) is 0 Å². The van der Waals surface area contributed by atoms with E-state index in [9.17, 15) is 9.59 Å². The Kier molecular flexibility index (Phi) is 12.9. The third-order valence-electron chi connectivity index (χ3n) is 3.91. The molecule has 0 N–H and O–H groups in total. The molecule has 1 rings (SSSR count). The van der Waals surface area contributed by atoms with Crippen LogP contribution in [0.3, 0.4) is 0 Å². The fourth-order valence-corrected chi connectivity index (χ4v) is 4.20. The number of rotatable bonds is 15. The summed E-state index contributed by atoms with van der Waals surface area (Å²) in [5.41, 5.74) is 0. The molecule has 0 bridgehead atoms. The van der Waals surface area contributed by atoms with Crippen LogP contribution in [0.4, 0.5) is 0 Å². The summed E-state index contributed by atoms with van der Waals surface area (Å²) in [6.07, 6.45) is 12.4. The fraction of sp³-hybridized carbons (Fsp3) is 0.524. The third-order valence-corrected chi connectivity index (χ3v) is 5.88. The fourth-order valence-electron chi connectivity index (χ4n) is 2.51. The standard InChI is InChI=1S/C21H30O3Se/c1-2-20(22)24-18-14-9-7-5-3-4-6-8-13-17-21(23)25-19-15-11-10-12-16-19/h2,10-12,15-16H,1,3-9,13-14,17-18H2. The molecule has 0 radical (unpaired) electrons. The van der Waals surface area contributed by atoms with Crippen molar-refractivity contribution in [3.05, 3.63) is 43.0 Å². The van der Waals surface area contributed by atoms with Crippen LogP contribution in [-0.2, 0) is 14.3 Å². The van der Waals surface area contributed by atoms with E-state index < -0.39 is 0 Å². The van der Waals surface area contributed by atoms with Crippen molar-refractivity contribution in [1.29, 1.82) is 0 Å². The number of benzene rings is 1. The molecule has 0 saturated carbocycles. The number of esters is 1. The van der Waals surface area contributed by atoms with E-state index in [0.717, 1.165) is 32.1 Å². The van der Waals surface area contributed by atoms with Gasteiger partial charge in [0.25, 0.3) is 0 Å². The van der Waals surface area contributed by atoms with E-state index in [-0.39, 0.29) is 20.9 Å². The summed E-state index contributed by atoms with van der Waals surface area (Å²) in [7, 11) is 0. The second-order valence-electron chi connectivity index (χ2n) is 6.09. The van der Waals surface area contributed by atoms with Crippen molar-refractivity contribution in [1.82, 2.24) is 0 Å². The van der Waals surface area contributed by atoms with Crippen molar-refractivity contribution >= 4 is 30.1 Å². The maximum absolute atomic E-state index is 11.9. The molecule has 0 heterocycles. The zero-order valence-corrected chi connectivity index (χ0v) is 16.8. The van der Waals surface area contributed by atoms with E-state index in [0.29, 0.717) is 11.3 Å². The summed E-state index contributed by atoms with van der Waals surface area (Å²) in [5, 5.41) is 0. The average Bonchev–Trinajstić information content (AvgIpc) is 2.63. The average molecular weight is 409 g/mol. The van der Waals surface area contributed by atoms with Gasteiger partial charge in [0.05, 0.1) is 0 Å². The molecule has 0 fully saturated rings. The van der Waals surface area contributed by atoms with Gasteiger partial charge in [0, 0.05) is 6.08 Å². The van der Waals surface area contributed by atoms with Gasteiger partial charge in [-0.1, -0.05) is 6.58 Å². The Morgan fingerprint density at radius 2 is 1.44 bits per heavy atom. The molecule has 0 aromatic heterocycles. The number of ether oxygens (including phenoxy) is 1. The van der Waals surface area contributed by atoms with Crippen LogP contribution < -0.4 is 4.46 Å². The van der Waals surface area contributed by atoms with Crippen LogP contribution in [0.15, 0.2) is 43.0 Å². The topological polar surface area (TPSA) is 43.4 Å². The molecular formula is C21H30O3Se. The Morgan fingerprint density at radius 1 is 0.880 bits per heavy atom. The van der Waals surface area contributed by atoms with Crippen LogP contribution in [0.25, 0.3) is 0 Å². The SMILES string of the molecule is C=CC(=O)OCCCCCCCCCCCC(=O)[Se]c1ccccc1. The van der Waals surface area contributed by atoms with Gasteiger partial charge in [-0.15, -0.1) is 0 Å². The van der Waals surface area contributed by atoms with Gasteiger partial charge in [-0.05, 0) is 0 Å². The summed E-state index contributed by atoms with van der Waals surface area (Å²) in [4.78, 5) is 22.8. The second-order valence-corrected chi connectivity index (χ2v) is 8.46. The zero-order valence-electron chi connectivity index (χ0n) is 15.1. The number of hydrogen-bond acceptors (Lipinski definition) is 3. The zero-order chi connectivity index (χ0) is 18.2. The molecule has 0 aliphatic heterocycles. The summed E-state index contributed by atoms with van der Waals surface area (Å²) in [5.74, 6) is -0.330. The molecule has 0 amide bonds. The van der Waals surface area contributed by atoms with Crippen LogP contribution in [-0.4, -0.2) is 32.2 Å². The van der Waals surface area contributed by atoms with E-state index in [4.69, 9.17) is 4.74 Å². The molecule has 4 heteroatoms. The molecule has 0 atom stereocenters. The number of carbonyl (C=O) groups excluding carboxylic acids is 2. The first kappa shape index (κ1) is 21.7. The molecule has 0 spiro atoms. The van der Waals surface area contributed by atoms with Crippen molar-refractivity contribution in [3.63, 3.8) is 0 Å². The predicted molar refractivity (Wildman–Crippen MR) is 104 cm³/mol. The second kappa shape index (κ2) is 14.9. The van der Waals surface area contributed by atoms with Crippen LogP contribution in [0.1, 0.15) is 64.2 Å². The van der Waals surface area contributed by atoms with E-state index in [1.165, 1.54) is 42.6 Å². The summed E-state index contributed by atoms with van der Waals surface area (Å²) in [6, 6.07) is 10.1. The van der Waals surface area contributed by atoms with Crippen molar-refractivity contribution in [2.45, 2.75) is 64.2 Å². The van der Waals surface area contributed by atoms with Gasteiger partial charge >= 0.3 is 136 Å². The van der Waals surface area contributed by atoms with Crippen molar-refractivity contribution < 1.29 is 14.3 Å². The quantitative estimate of drug-likeness (QED) is 0.189. The first-order valence-corrected chi connectivity index (χ1v) is 11.0. The van der Waals surface area contributed by atoms with E-state index in [1.54, 1.807) is 0 Å². The minimum atomic E-state index is -0.330. The summed E-state index contributed by atoms with van der Waals surface area (Å²) >= 11 is -0.0126. The molecule has 1 aromatic rings. The molecule has 0 aliphatic rings. The molecule has 0 saturated heterocycles. The summed E-state index contributed by atoms with van der Waals surface area (Å²) < 4.78 is 6.53. The molecule has 1 aromatic carbocycles. The van der Waals surface area contributed by atoms with Gasteiger partial charge in [-0.25, -0.2) is 4.79 Å². The van der Waals surface area contributed by atoms with Gasteiger partial charge < -0.3 is 4.74 Å². The van der Waals surface area contributed by atoms with Crippen molar-refractivity contribution in [3.8, 4) is 0 Å². The molecule has 25 heavy (non-hydrogen) atoms. The van der Waals surface area contributed by atoms with Crippen LogP contribution >= 0.6 is 0 Å². The van der Waals surface area contributed by atoms with Gasteiger partial charge in [-0.3, -0.25) is 0 Å². The monoisotopic (exact) mass is 410 g/mol. The summed E-state index contributed by atoms with van der Waals surface area (Å²) in [6.45, 7) is 3.87. The van der Waals surface area contributed by atoms with Crippen molar-refractivity contribution in [2.75, 3.05) is 6.61 Å². The molecule has 0 unspecified atom stereocenters. The molecular weight excluding hydrogens is 379 g/mol. The van der Waals surface area contributed by atoms with Crippen LogP contribution in [0.2, 0.25) is 0 Å². The Balaban J connectivity index is 1.83. The number of unbranched alkanes of at least 4 members (excludes halogenated alkanes) is 8. The number of carbonyl (C=O) groups is 2. The molecule has 138 valence electrons. The normalized spacial score (nSPS) is 10.4. The van der Waals surface area contributed by atoms with E-state index >= 15 is 0 Å². The molecule has 0 aliphatic carbocycles. The van der Waals surface area contributed by atoms with Gasteiger partial charge in [0.15, 0.2) is 0 Å². The number of hydrogen-bond donors (Lipinski definition) is 0. The van der Waals surface area contributed by atoms with Crippen molar-refractivity contribution in [2.24, 2.45) is 0 Å². The van der Waals surface area contributed by atoms with E-state index in [2.05, 4.69) is 6.58 Å². The van der Waals surface area contributed by atoms with Gasteiger partial charge in [-0.2, -0.15) is 0 Å². The Labute approximate surface area is 158 Å². The Morgan fingerprint density at radius 3 is 2.04 bits per heavy atom. The van der Waals surface area contributed by atoms with Crippen LogP contribution in [0.5, 0.6) is 0 Å². The third kappa shape index (κ3) is 12.6.